The summed E-state index contributed by atoms with van der Waals surface area (Å²) in [5.74, 6) is -1.30. The molecule has 0 aliphatic heterocycles. The number of carboxylic acids is 1. The highest BCUT2D eigenvalue weighted by Gasteiger charge is 2.32. The quantitative estimate of drug-likeness (QED) is 0.892. The number of aromatic nitrogens is 1. The zero-order valence-corrected chi connectivity index (χ0v) is 11.5. The van der Waals surface area contributed by atoms with Gasteiger partial charge in [0, 0.05) is 5.56 Å². The van der Waals surface area contributed by atoms with Crippen LogP contribution in [0.3, 0.4) is 0 Å². The first kappa shape index (κ1) is 15.3. The molecule has 3 nitrogen and oxygen atoms in total. The zero-order chi connectivity index (χ0) is 15.8. The molecule has 0 unspecified atom stereocenters. The number of aryl methyl sites for hydroxylation is 1. The van der Waals surface area contributed by atoms with Gasteiger partial charge in [0.15, 0.2) is 5.69 Å². The van der Waals surface area contributed by atoms with E-state index >= 15 is 0 Å². The molecule has 0 radical (unpaired) electrons. The van der Waals surface area contributed by atoms with Crippen LogP contribution in [0.2, 0.25) is 5.02 Å². The normalized spacial score (nSPS) is 11.5. The van der Waals surface area contributed by atoms with Crippen molar-refractivity contribution < 1.29 is 23.1 Å². The number of rotatable bonds is 2. The number of nitrogens with zero attached hydrogens (tertiary/aromatic N) is 1. The van der Waals surface area contributed by atoms with Crippen molar-refractivity contribution in [3.63, 3.8) is 0 Å². The molecular weight excluding hydrogens is 307 g/mol. The van der Waals surface area contributed by atoms with Crippen LogP contribution in [0.1, 0.15) is 21.6 Å². The van der Waals surface area contributed by atoms with Gasteiger partial charge in [0.1, 0.15) is 0 Å². The zero-order valence-electron chi connectivity index (χ0n) is 10.7. The molecule has 1 aromatic carbocycles. The van der Waals surface area contributed by atoms with E-state index in [4.69, 9.17) is 16.7 Å². The molecule has 110 valence electrons. The molecule has 0 saturated heterocycles. The number of halogens is 4. The first-order valence-corrected chi connectivity index (χ1v) is 6.16. The molecule has 0 atom stereocenters. The van der Waals surface area contributed by atoms with E-state index in [1.54, 1.807) is 0 Å². The summed E-state index contributed by atoms with van der Waals surface area (Å²) in [4.78, 5) is 14.8. The fourth-order valence-corrected chi connectivity index (χ4v) is 2.08. The Balaban J connectivity index is 2.51. The Kier molecular flexibility index (Phi) is 3.91. The Hall–Kier alpha value is -2.08. The molecule has 1 heterocycles. The van der Waals surface area contributed by atoms with Crippen molar-refractivity contribution in [1.82, 2.24) is 4.98 Å². The van der Waals surface area contributed by atoms with Crippen LogP contribution in [-0.2, 0) is 6.18 Å². The first-order valence-electron chi connectivity index (χ1n) is 5.78. The van der Waals surface area contributed by atoms with Gasteiger partial charge in [0.2, 0.25) is 0 Å². The van der Waals surface area contributed by atoms with Gasteiger partial charge < -0.3 is 5.11 Å². The number of hydrogen-bond acceptors (Lipinski definition) is 2. The minimum atomic E-state index is -4.43. The summed E-state index contributed by atoms with van der Waals surface area (Å²) in [6.45, 7) is 1.33. The predicted molar refractivity (Wildman–Crippen MR) is 71.4 cm³/mol. The molecule has 1 aromatic heterocycles. The number of carboxylic acid groups (broad SMARTS) is 1. The number of carbonyl (C=O) groups is 1. The fourth-order valence-electron chi connectivity index (χ4n) is 1.89. The van der Waals surface area contributed by atoms with Crippen LogP contribution in [0.15, 0.2) is 30.3 Å². The van der Waals surface area contributed by atoms with E-state index in [1.807, 2.05) is 0 Å². The Labute approximate surface area is 123 Å². The van der Waals surface area contributed by atoms with E-state index in [0.29, 0.717) is 5.56 Å². The second-order valence-corrected chi connectivity index (χ2v) is 4.77. The Morgan fingerprint density at radius 1 is 1.24 bits per heavy atom. The van der Waals surface area contributed by atoms with Crippen molar-refractivity contribution in [3.8, 4) is 11.3 Å². The van der Waals surface area contributed by atoms with E-state index in [1.165, 1.54) is 31.2 Å². The lowest BCUT2D eigenvalue weighted by Gasteiger charge is -2.11. The molecule has 0 amide bonds. The Morgan fingerprint density at radius 2 is 1.90 bits per heavy atom. The standard InChI is InChI=1S/C14H9ClF3NO2/c1-7-6-8(2-3-9(7)14(16,17)18)11-5-4-10(15)12(19-11)13(20)21/h2-6H,1H3,(H,20,21). The summed E-state index contributed by atoms with van der Waals surface area (Å²) >= 11 is 5.70. The molecular formula is C14H9ClF3NO2. The number of alkyl halides is 3. The second-order valence-electron chi connectivity index (χ2n) is 4.36. The average Bonchev–Trinajstić information content (AvgIpc) is 2.37. The van der Waals surface area contributed by atoms with E-state index < -0.39 is 17.7 Å². The van der Waals surface area contributed by atoms with E-state index in [2.05, 4.69) is 4.98 Å². The van der Waals surface area contributed by atoms with Crippen LogP contribution in [0.4, 0.5) is 13.2 Å². The summed E-state index contributed by atoms with van der Waals surface area (Å²) < 4.78 is 38.1. The minimum absolute atomic E-state index is 0.0325. The number of pyridine rings is 1. The molecule has 0 aliphatic rings. The number of hydrogen-bond donors (Lipinski definition) is 1. The van der Waals surface area contributed by atoms with Gasteiger partial charge in [-0.1, -0.05) is 17.7 Å². The third-order valence-corrected chi connectivity index (χ3v) is 3.18. The molecule has 7 heteroatoms. The van der Waals surface area contributed by atoms with Crippen LogP contribution < -0.4 is 0 Å². The third-order valence-electron chi connectivity index (χ3n) is 2.88. The molecule has 1 N–H and O–H groups in total. The van der Waals surface area contributed by atoms with Crippen LogP contribution in [0, 0.1) is 6.92 Å². The van der Waals surface area contributed by atoms with Crippen molar-refractivity contribution >= 4 is 17.6 Å². The molecule has 0 fully saturated rings. The molecule has 0 spiro atoms. The number of benzene rings is 1. The van der Waals surface area contributed by atoms with Crippen LogP contribution in [-0.4, -0.2) is 16.1 Å². The van der Waals surface area contributed by atoms with Crippen LogP contribution in [0.25, 0.3) is 11.3 Å². The minimum Gasteiger partial charge on any atom is -0.476 e. The van der Waals surface area contributed by atoms with Gasteiger partial charge in [-0.3, -0.25) is 0 Å². The maximum atomic E-state index is 12.7. The van der Waals surface area contributed by atoms with Gasteiger partial charge in [-0.2, -0.15) is 13.2 Å². The highest BCUT2D eigenvalue weighted by atomic mass is 35.5. The largest absolute Gasteiger partial charge is 0.476 e. The molecule has 2 rings (SSSR count). The Bertz CT molecular complexity index is 714. The second kappa shape index (κ2) is 5.37. The monoisotopic (exact) mass is 315 g/mol. The summed E-state index contributed by atoms with van der Waals surface area (Å²) in [5.41, 5.74) is -0.410. The first-order chi connectivity index (χ1) is 9.70. The lowest BCUT2D eigenvalue weighted by Crippen LogP contribution is -2.07. The summed E-state index contributed by atoms with van der Waals surface area (Å²) in [5, 5.41) is 8.91. The maximum absolute atomic E-state index is 12.7. The third kappa shape index (κ3) is 3.16. The molecule has 0 aliphatic carbocycles. The van der Waals surface area contributed by atoms with Crippen LogP contribution >= 0.6 is 11.6 Å². The smallest absolute Gasteiger partial charge is 0.416 e. The van der Waals surface area contributed by atoms with Gasteiger partial charge in [-0.05, 0) is 36.8 Å². The van der Waals surface area contributed by atoms with Gasteiger partial charge >= 0.3 is 12.1 Å². The lowest BCUT2D eigenvalue weighted by molar-refractivity contribution is -0.138. The summed E-state index contributed by atoms with van der Waals surface area (Å²) in [6, 6.07) is 6.31. The Morgan fingerprint density at radius 3 is 2.43 bits per heavy atom. The topological polar surface area (TPSA) is 50.2 Å². The van der Waals surface area contributed by atoms with Crippen molar-refractivity contribution in [3.05, 3.63) is 52.2 Å². The SMILES string of the molecule is Cc1cc(-c2ccc(Cl)c(C(=O)O)n2)ccc1C(F)(F)F. The average molecular weight is 316 g/mol. The highest BCUT2D eigenvalue weighted by Crippen LogP contribution is 2.33. The summed E-state index contributed by atoms with van der Waals surface area (Å²) in [7, 11) is 0. The van der Waals surface area contributed by atoms with Crippen molar-refractivity contribution in [2.45, 2.75) is 13.1 Å². The van der Waals surface area contributed by atoms with Crippen molar-refractivity contribution in [1.29, 1.82) is 0 Å². The van der Waals surface area contributed by atoms with Gasteiger partial charge in [-0.25, -0.2) is 9.78 Å². The highest BCUT2D eigenvalue weighted by molar-refractivity contribution is 6.33. The molecule has 0 bridgehead atoms. The van der Waals surface area contributed by atoms with Gasteiger partial charge in [-0.15, -0.1) is 0 Å². The van der Waals surface area contributed by atoms with E-state index in [9.17, 15) is 18.0 Å². The number of aromatic carboxylic acids is 1. The lowest BCUT2D eigenvalue weighted by atomic mass is 10.0. The molecule has 2 aromatic rings. The van der Waals surface area contributed by atoms with E-state index in [-0.39, 0.29) is 22.0 Å². The van der Waals surface area contributed by atoms with Crippen LogP contribution in [0.5, 0.6) is 0 Å². The fraction of sp³-hybridized carbons (Fsp3) is 0.143. The molecule has 0 saturated carbocycles. The van der Waals surface area contributed by atoms with Gasteiger partial charge in [0.25, 0.3) is 0 Å². The van der Waals surface area contributed by atoms with E-state index in [0.717, 1.165) is 6.07 Å². The van der Waals surface area contributed by atoms with Crippen molar-refractivity contribution in [2.75, 3.05) is 0 Å². The summed E-state index contributed by atoms with van der Waals surface area (Å²) in [6.07, 6.45) is -4.43. The van der Waals surface area contributed by atoms with Gasteiger partial charge in [0.05, 0.1) is 16.3 Å². The molecule has 21 heavy (non-hydrogen) atoms. The maximum Gasteiger partial charge on any atom is 0.416 e. The van der Waals surface area contributed by atoms with Crippen molar-refractivity contribution in [2.24, 2.45) is 0 Å². The predicted octanol–water partition coefficient (Wildman–Crippen LogP) is 4.43.